The molecule has 0 aliphatic heterocycles. The molecule has 1 amide bonds. The van der Waals surface area contributed by atoms with Gasteiger partial charge in [-0.05, 0) is 25.1 Å². The first-order valence-electron chi connectivity index (χ1n) is 6.08. The maximum absolute atomic E-state index is 11.6. The molecule has 19 heavy (non-hydrogen) atoms. The monoisotopic (exact) mass is 322 g/mol. The molecule has 0 atom stereocenters. The Morgan fingerprint density at radius 1 is 1.26 bits per heavy atom. The van der Waals surface area contributed by atoms with E-state index in [2.05, 4.69) is 17.6 Å². The molecule has 0 radical (unpaired) electrons. The van der Waals surface area contributed by atoms with Crippen LogP contribution < -0.4 is 10.6 Å². The Labute approximate surface area is 130 Å². The molecular formula is C13H20Cl2N2OS. The molecule has 1 aromatic rings. The van der Waals surface area contributed by atoms with Crippen molar-refractivity contribution < 1.29 is 4.79 Å². The third kappa shape index (κ3) is 8.37. The third-order valence-electron chi connectivity index (χ3n) is 2.25. The van der Waals surface area contributed by atoms with Gasteiger partial charge < -0.3 is 10.6 Å². The number of nitrogens with one attached hydrogen (secondary N) is 2. The molecule has 0 saturated heterocycles. The fourth-order valence-electron chi connectivity index (χ4n) is 1.35. The predicted molar refractivity (Wildman–Crippen MR) is 85.6 cm³/mol. The predicted octanol–water partition coefficient (Wildman–Crippen LogP) is 2.97. The van der Waals surface area contributed by atoms with E-state index in [-0.39, 0.29) is 18.3 Å². The number of amides is 1. The number of halogens is 2. The molecule has 3 nitrogen and oxygen atoms in total. The van der Waals surface area contributed by atoms with Crippen molar-refractivity contribution in [3.05, 3.63) is 29.3 Å². The number of rotatable bonds is 8. The first-order chi connectivity index (χ1) is 8.74. The highest BCUT2D eigenvalue weighted by Gasteiger charge is 2.04. The molecule has 0 unspecified atom stereocenters. The highest BCUT2D eigenvalue weighted by Crippen LogP contribution is 2.26. The number of hydrogen-bond acceptors (Lipinski definition) is 3. The molecule has 0 fully saturated rings. The van der Waals surface area contributed by atoms with E-state index in [9.17, 15) is 4.79 Å². The molecule has 0 aliphatic rings. The zero-order valence-electron chi connectivity index (χ0n) is 10.9. The van der Waals surface area contributed by atoms with E-state index < -0.39 is 0 Å². The van der Waals surface area contributed by atoms with Gasteiger partial charge in [0.1, 0.15) is 0 Å². The number of carbonyl (C=O) groups excluding carboxylic acids is 1. The minimum absolute atomic E-state index is 0. The van der Waals surface area contributed by atoms with Gasteiger partial charge in [-0.15, -0.1) is 24.2 Å². The number of hydrogen-bond donors (Lipinski definition) is 2. The van der Waals surface area contributed by atoms with Crippen molar-refractivity contribution in [2.75, 3.05) is 25.4 Å². The second-order valence-corrected chi connectivity index (χ2v) is 5.24. The third-order valence-corrected chi connectivity index (χ3v) is 3.76. The average molecular weight is 323 g/mol. The lowest BCUT2D eigenvalue weighted by molar-refractivity contribution is -0.118. The first-order valence-corrected chi connectivity index (χ1v) is 7.45. The molecule has 0 spiro atoms. The summed E-state index contributed by atoms with van der Waals surface area (Å²) in [5.41, 5.74) is 0. The van der Waals surface area contributed by atoms with Crippen LogP contribution in [0.1, 0.15) is 13.3 Å². The van der Waals surface area contributed by atoms with Gasteiger partial charge in [0.15, 0.2) is 0 Å². The van der Waals surface area contributed by atoms with Crippen LogP contribution >= 0.6 is 35.8 Å². The zero-order chi connectivity index (χ0) is 13.2. The van der Waals surface area contributed by atoms with E-state index in [4.69, 9.17) is 11.6 Å². The lowest BCUT2D eigenvalue weighted by Gasteiger charge is -2.06. The topological polar surface area (TPSA) is 41.1 Å². The van der Waals surface area contributed by atoms with Gasteiger partial charge in [-0.25, -0.2) is 0 Å². The van der Waals surface area contributed by atoms with Crippen molar-refractivity contribution in [2.24, 2.45) is 0 Å². The van der Waals surface area contributed by atoms with Gasteiger partial charge in [0.2, 0.25) is 5.91 Å². The van der Waals surface area contributed by atoms with Gasteiger partial charge in [0.25, 0.3) is 0 Å². The molecule has 1 rings (SSSR count). The van der Waals surface area contributed by atoms with Crippen molar-refractivity contribution in [3.8, 4) is 0 Å². The van der Waals surface area contributed by atoms with E-state index in [0.29, 0.717) is 17.3 Å². The fraction of sp³-hybridized carbons (Fsp3) is 0.462. The van der Waals surface area contributed by atoms with Gasteiger partial charge in [-0.2, -0.15) is 0 Å². The maximum atomic E-state index is 11.6. The van der Waals surface area contributed by atoms with Gasteiger partial charge in [-0.3, -0.25) is 4.79 Å². The Hall–Kier alpha value is -0.420. The number of carbonyl (C=O) groups is 1. The molecule has 2 N–H and O–H groups in total. The van der Waals surface area contributed by atoms with Crippen LogP contribution in [-0.4, -0.2) is 31.3 Å². The highest BCUT2D eigenvalue weighted by atomic mass is 35.5. The molecule has 1 aromatic carbocycles. The Kier molecular flexibility index (Phi) is 11.2. The van der Waals surface area contributed by atoms with Crippen molar-refractivity contribution in [1.82, 2.24) is 10.6 Å². The lowest BCUT2D eigenvalue weighted by atomic mass is 10.4. The van der Waals surface area contributed by atoms with Crippen LogP contribution in [0.15, 0.2) is 29.2 Å². The first kappa shape index (κ1) is 18.6. The van der Waals surface area contributed by atoms with E-state index in [1.54, 1.807) is 0 Å². The largest absolute Gasteiger partial charge is 0.354 e. The van der Waals surface area contributed by atoms with Crippen molar-refractivity contribution in [2.45, 2.75) is 18.2 Å². The van der Waals surface area contributed by atoms with Crippen LogP contribution in [0.2, 0.25) is 5.02 Å². The SMILES string of the molecule is CCCNCCNC(=O)CSc1ccccc1Cl.Cl. The van der Waals surface area contributed by atoms with Crippen LogP contribution in [-0.2, 0) is 4.79 Å². The number of thioether (sulfide) groups is 1. The molecule has 0 aliphatic carbocycles. The average Bonchev–Trinajstić information content (AvgIpc) is 2.37. The Morgan fingerprint density at radius 2 is 2.00 bits per heavy atom. The molecule has 0 saturated carbocycles. The Morgan fingerprint density at radius 3 is 2.68 bits per heavy atom. The zero-order valence-corrected chi connectivity index (χ0v) is 13.3. The van der Waals surface area contributed by atoms with Crippen LogP contribution in [0.25, 0.3) is 0 Å². The van der Waals surface area contributed by atoms with Crippen LogP contribution in [0.4, 0.5) is 0 Å². The quantitative estimate of drug-likeness (QED) is 0.571. The summed E-state index contributed by atoms with van der Waals surface area (Å²) in [6, 6.07) is 7.55. The van der Waals surface area contributed by atoms with Gasteiger partial charge in [-0.1, -0.05) is 30.7 Å². The summed E-state index contributed by atoms with van der Waals surface area (Å²) in [5, 5.41) is 6.79. The standard InChI is InChI=1S/C13H19ClN2OS.ClH/c1-2-7-15-8-9-16-13(17)10-18-12-6-4-3-5-11(12)14;/h3-6,15H,2,7-10H2,1H3,(H,16,17);1H. The summed E-state index contributed by atoms with van der Waals surface area (Å²) >= 11 is 7.47. The van der Waals surface area contributed by atoms with Crippen LogP contribution in [0, 0.1) is 0 Å². The van der Waals surface area contributed by atoms with Crippen LogP contribution in [0.3, 0.4) is 0 Å². The molecule has 0 bridgehead atoms. The molecule has 0 aromatic heterocycles. The van der Waals surface area contributed by atoms with Crippen LogP contribution in [0.5, 0.6) is 0 Å². The van der Waals surface area contributed by atoms with E-state index >= 15 is 0 Å². The summed E-state index contributed by atoms with van der Waals surface area (Å²) in [7, 11) is 0. The Balaban J connectivity index is 0.00000324. The van der Waals surface area contributed by atoms with Gasteiger partial charge >= 0.3 is 0 Å². The Bertz CT molecular complexity index is 377. The molecule has 6 heteroatoms. The van der Waals surface area contributed by atoms with Crippen molar-refractivity contribution >= 4 is 41.7 Å². The number of benzene rings is 1. The second kappa shape index (κ2) is 11.4. The summed E-state index contributed by atoms with van der Waals surface area (Å²) < 4.78 is 0. The minimum atomic E-state index is 0. The lowest BCUT2D eigenvalue weighted by Crippen LogP contribution is -2.33. The molecular weight excluding hydrogens is 303 g/mol. The fourth-order valence-corrected chi connectivity index (χ4v) is 2.42. The van der Waals surface area contributed by atoms with Gasteiger partial charge in [0, 0.05) is 18.0 Å². The minimum Gasteiger partial charge on any atom is -0.354 e. The summed E-state index contributed by atoms with van der Waals surface area (Å²) in [5.74, 6) is 0.440. The molecule has 0 heterocycles. The van der Waals surface area contributed by atoms with Gasteiger partial charge in [0.05, 0.1) is 10.8 Å². The maximum Gasteiger partial charge on any atom is 0.230 e. The highest BCUT2D eigenvalue weighted by molar-refractivity contribution is 8.00. The summed E-state index contributed by atoms with van der Waals surface area (Å²) in [6.07, 6.45) is 1.11. The van der Waals surface area contributed by atoms with E-state index in [1.165, 1.54) is 11.8 Å². The molecule has 108 valence electrons. The second-order valence-electron chi connectivity index (χ2n) is 3.82. The smallest absolute Gasteiger partial charge is 0.230 e. The summed E-state index contributed by atoms with van der Waals surface area (Å²) in [4.78, 5) is 12.5. The summed E-state index contributed by atoms with van der Waals surface area (Å²) in [6.45, 7) is 4.59. The van der Waals surface area contributed by atoms with E-state index in [0.717, 1.165) is 24.4 Å². The normalized spacial score (nSPS) is 9.79. The van der Waals surface area contributed by atoms with Crippen molar-refractivity contribution in [3.63, 3.8) is 0 Å². The van der Waals surface area contributed by atoms with E-state index in [1.807, 2.05) is 24.3 Å². The van der Waals surface area contributed by atoms with Crippen molar-refractivity contribution in [1.29, 1.82) is 0 Å².